The van der Waals surface area contributed by atoms with Crippen LogP contribution in [0.15, 0.2) is 18.2 Å². The van der Waals surface area contributed by atoms with Gasteiger partial charge in [-0.15, -0.1) is 0 Å². The molecule has 0 amide bonds. The van der Waals surface area contributed by atoms with Crippen molar-refractivity contribution in [2.45, 2.75) is 32.3 Å². The molecule has 1 aromatic rings. The van der Waals surface area contributed by atoms with E-state index in [9.17, 15) is 5.11 Å². The summed E-state index contributed by atoms with van der Waals surface area (Å²) in [4.78, 5) is 0. The Bertz CT molecular complexity index is 353. The maximum atomic E-state index is 10.2. The Morgan fingerprint density at radius 2 is 2.07 bits per heavy atom. The third-order valence-electron chi connectivity index (χ3n) is 3.08. The normalized spacial score (nSPS) is 31.3. The number of aryl methyl sites for hydroxylation is 1. The van der Waals surface area contributed by atoms with Crippen LogP contribution in [0.25, 0.3) is 0 Å². The first-order valence-corrected chi connectivity index (χ1v) is 5.38. The van der Waals surface area contributed by atoms with Crippen molar-refractivity contribution in [3.05, 3.63) is 34.3 Å². The predicted octanol–water partition coefficient (Wildman–Crippen LogP) is 3.27. The van der Waals surface area contributed by atoms with Crippen LogP contribution in [0.1, 0.15) is 30.9 Å². The molecular weight excluding hydrogens is 196 g/mol. The molecule has 1 fully saturated rings. The molecule has 0 aromatic heterocycles. The summed E-state index contributed by atoms with van der Waals surface area (Å²) in [7, 11) is 0. The first-order valence-electron chi connectivity index (χ1n) is 5.00. The average molecular weight is 211 g/mol. The highest BCUT2D eigenvalue weighted by molar-refractivity contribution is 6.31. The smallest absolute Gasteiger partial charge is 0.0902 e. The van der Waals surface area contributed by atoms with Crippen LogP contribution in [0.3, 0.4) is 0 Å². The van der Waals surface area contributed by atoms with Gasteiger partial charge in [-0.05, 0) is 42.9 Å². The van der Waals surface area contributed by atoms with E-state index >= 15 is 0 Å². The third kappa shape index (κ3) is 1.55. The summed E-state index contributed by atoms with van der Waals surface area (Å²) in [5.74, 6) is 0.625. The molecule has 76 valence electrons. The van der Waals surface area contributed by atoms with Gasteiger partial charge in [0.25, 0.3) is 0 Å². The summed E-state index contributed by atoms with van der Waals surface area (Å²) in [5, 5.41) is 11.0. The van der Waals surface area contributed by atoms with E-state index in [-0.39, 0.29) is 0 Å². The Morgan fingerprint density at radius 3 is 2.57 bits per heavy atom. The molecule has 0 spiro atoms. The van der Waals surface area contributed by atoms with E-state index in [0.717, 1.165) is 29.0 Å². The first-order chi connectivity index (χ1) is 6.51. The molecule has 0 radical (unpaired) electrons. The van der Waals surface area contributed by atoms with Crippen molar-refractivity contribution in [3.8, 4) is 0 Å². The highest BCUT2D eigenvalue weighted by atomic mass is 35.5. The molecule has 2 rings (SSSR count). The third-order valence-corrected chi connectivity index (χ3v) is 3.49. The zero-order valence-corrected chi connectivity index (χ0v) is 9.30. The largest absolute Gasteiger partial charge is 0.385 e. The Hall–Kier alpha value is -0.530. The van der Waals surface area contributed by atoms with Crippen LogP contribution in [0.4, 0.5) is 0 Å². The molecule has 1 saturated carbocycles. The number of benzene rings is 1. The summed E-state index contributed by atoms with van der Waals surface area (Å²) in [6, 6.07) is 5.84. The second-order valence-electron chi connectivity index (χ2n) is 4.51. The summed E-state index contributed by atoms with van der Waals surface area (Å²) in [5.41, 5.74) is 1.41. The number of hydrogen-bond donors (Lipinski definition) is 1. The van der Waals surface area contributed by atoms with E-state index in [0.29, 0.717) is 5.92 Å². The molecule has 1 aromatic carbocycles. The highest BCUT2D eigenvalue weighted by Crippen LogP contribution is 2.45. The molecular formula is C12H15ClO. The van der Waals surface area contributed by atoms with Crippen molar-refractivity contribution in [2.24, 2.45) is 5.92 Å². The fourth-order valence-corrected chi connectivity index (χ4v) is 2.39. The lowest BCUT2D eigenvalue weighted by Gasteiger charge is -2.42. The SMILES string of the molecule is Cc1ccc(C2(O)CC(C)C2)cc1Cl. The lowest BCUT2D eigenvalue weighted by atomic mass is 9.68. The highest BCUT2D eigenvalue weighted by Gasteiger charge is 2.41. The van der Waals surface area contributed by atoms with Gasteiger partial charge in [-0.25, -0.2) is 0 Å². The Labute approximate surface area is 89.7 Å². The minimum Gasteiger partial charge on any atom is -0.385 e. The topological polar surface area (TPSA) is 20.2 Å². The van der Waals surface area contributed by atoms with E-state index in [4.69, 9.17) is 11.6 Å². The van der Waals surface area contributed by atoms with Crippen LogP contribution in [-0.2, 0) is 5.60 Å². The molecule has 1 aliphatic rings. The van der Waals surface area contributed by atoms with Crippen LogP contribution in [0, 0.1) is 12.8 Å². The summed E-state index contributed by atoms with van der Waals surface area (Å²) >= 11 is 6.03. The molecule has 0 bridgehead atoms. The fraction of sp³-hybridized carbons (Fsp3) is 0.500. The van der Waals surface area contributed by atoms with Gasteiger partial charge < -0.3 is 5.11 Å². The first kappa shape index (κ1) is 10.0. The van der Waals surface area contributed by atoms with Gasteiger partial charge in [0.05, 0.1) is 5.60 Å². The molecule has 1 nitrogen and oxygen atoms in total. The van der Waals surface area contributed by atoms with Gasteiger partial charge in [0.1, 0.15) is 0 Å². The number of hydrogen-bond acceptors (Lipinski definition) is 1. The van der Waals surface area contributed by atoms with Gasteiger partial charge in [0.15, 0.2) is 0 Å². The van der Waals surface area contributed by atoms with Crippen molar-refractivity contribution in [1.82, 2.24) is 0 Å². The molecule has 0 saturated heterocycles. The van der Waals surface area contributed by atoms with Crippen molar-refractivity contribution in [2.75, 3.05) is 0 Å². The van der Waals surface area contributed by atoms with Crippen LogP contribution in [-0.4, -0.2) is 5.11 Å². The molecule has 0 heterocycles. The Morgan fingerprint density at radius 1 is 1.43 bits per heavy atom. The molecule has 0 unspecified atom stereocenters. The van der Waals surface area contributed by atoms with Crippen LogP contribution in [0.5, 0.6) is 0 Å². The van der Waals surface area contributed by atoms with E-state index in [1.807, 2.05) is 25.1 Å². The molecule has 2 heteroatoms. The van der Waals surface area contributed by atoms with Crippen molar-refractivity contribution < 1.29 is 5.11 Å². The standard InChI is InChI=1S/C12H15ClO/c1-8-6-12(14,7-8)10-4-3-9(2)11(13)5-10/h3-5,8,14H,6-7H2,1-2H3. The van der Waals surface area contributed by atoms with Gasteiger partial charge in [0.2, 0.25) is 0 Å². The monoisotopic (exact) mass is 210 g/mol. The van der Waals surface area contributed by atoms with Crippen LogP contribution < -0.4 is 0 Å². The minimum atomic E-state index is -0.614. The zero-order chi connectivity index (χ0) is 10.3. The van der Waals surface area contributed by atoms with Gasteiger partial charge in [-0.1, -0.05) is 30.7 Å². The fourth-order valence-electron chi connectivity index (χ4n) is 2.21. The molecule has 0 atom stereocenters. The number of halogens is 1. The second-order valence-corrected chi connectivity index (χ2v) is 4.92. The van der Waals surface area contributed by atoms with Crippen LogP contribution >= 0.6 is 11.6 Å². The molecule has 0 aliphatic heterocycles. The number of rotatable bonds is 1. The predicted molar refractivity (Wildman–Crippen MR) is 58.5 cm³/mol. The summed E-state index contributed by atoms with van der Waals surface area (Å²) in [6.45, 7) is 4.13. The van der Waals surface area contributed by atoms with Gasteiger partial charge in [-0.3, -0.25) is 0 Å². The van der Waals surface area contributed by atoms with Gasteiger partial charge in [0, 0.05) is 5.02 Å². The Balaban J connectivity index is 2.29. The van der Waals surface area contributed by atoms with Crippen molar-refractivity contribution in [3.63, 3.8) is 0 Å². The summed E-state index contributed by atoms with van der Waals surface area (Å²) in [6.07, 6.45) is 1.71. The van der Waals surface area contributed by atoms with E-state index in [2.05, 4.69) is 6.92 Å². The Kier molecular flexibility index (Phi) is 2.32. The van der Waals surface area contributed by atoms with E-state index < -0.39 is 5.60 Å². The van der Waals surface area contributed by atoms with E-state index in [1.165, 1.54) is 0 Å². The van der Waals surface area contributed by atoms with Crippen molar-refractivity contribution in [1.29, 1.82) is 0 Å². The van der Waals surface area contributed by atoms with Crippen LogP contribution in [0.2, 0.25) is 5.02 Å². The lowest BCUT2D eigenvalue weighted by Crippen LogP contribution is -2.39. The van der Waals surface area contributed by atoms with Gasteiger partial charge >= 0.3 is 0 Å². The summed E-state index contributed by atoms with van der Waals surface area (Å²) < 4.78 is 0. The quantitative estimate of drug-likeness (QED) is 0.755. The lowest BCUT2D eigenvalue weighted by molar-refractivity contribution is -0.0738. The zero-order valence-electron chi connectivity index (χ0n) is 8.55. The minimum absolute atomic E-state index is 0.614. The maximum absolute atomic E-state index is 10.2. The van der Waals surface area contributed by atoms with Gasteiger partial charge in [-0.2, -0.15) is 0 Å². The van der Waals surface area contributed by atoms with E-state index in [1.54, 1.807) is 0 Å². The second kappa shape index (κ2) is 3.25. The molecule has 14 heavy (non-hydrogen) atoms. The molecule has 1 N–H and O–H groups in total. The van der Waals surface area contributed by atoms with Crippen molar-refractivity contribution >= 4 is 11.6 Å². The maximum Gasteiger partial charge on any atom is 0.0902 e. The molecule has 1 aliphatic carbocycles. The average Bonchev–Trinajstić information content (AvgIpc) is 2.07. The number of aliphatic hydroxyl groups is 1.